The number of nitrogens with zero attached hydrogens (tertiary/aromatic N) is 2. The summed E-state index contributed by atoms with van der Waals surface area (Å²) in [5, 5.41) is 8.49. The monoisotopic (exact) mass is 345 g/mol. The summed E-state index contributed by atoms with van der Waals surface area (Å²) in [5.41, 5.74) is 3.53. The molecular formula is C18H14ClF2N3. The van der Waals surface area contributed by atoms with Crippen LogP contribution < -0.4 is 5.32 Å². The molecule has 0 saturated carbocycles. The number of rotatable bonds is 2. The first kappa shape index (κ1) is 15.1. The van der Waals surface area contributed by atoms with Crippen molar-refractivity contribution in [3.05, 3.63) is 64.2 Å². The zero-order chi connectivity index (χ0) is 16.8. The van der Waals surface area contributed by atoms with Crippen molar-refractivity contribution < 1.29 is 8.78 Å². The van der Waals surface area contributed by atoms with E-state index in [9.17, 15) is 8.78 Å². The first-order valence-electron chi connectivity index (χ1n) is 7.62. The Hall–Kier alpha value is -2.40. The molecule has 24 heavy (non-hydrogen) atoms. The Kier molecular flexibility index (Phi) is 3.53. The smallest absolute Gasteiger partial charge is 0.135 e. The van der Waals surface area contributed by atoms with Crippen molar-refractivity contribution in [2.75, 3.05) is 11.9 Å². The number of halogens is 3. The molecule has 0 amide bonds. The van der Waals surface area contributed by atoms with E-state index < -0.39 is 11.6 Å². The minimum Gasteiger partial charge on any atom is -0.369 e. The van der Waals surface area contributed by atoms with Gasteiger partial charge in [0.2, 0.25) is 0 Å². The van der Waals surface area contributed by atoms with Gasteiger partial charge in [-0.25, -0.2) is 13.5 Å². The quantitative estimate of drug-likeness (QED) is 0.726. The van der Waals surface area contributed by atoms with Gasteiger partial charge in [-0.05, 0) is 43.2 Å². The van der Waals surface area contributed by atoms with Gasteiger partial charge in [0, 0.05) is 28.8 Å². The Morgan fingerprint density at radius 1 is 1.17 bits per heavy atom. The molecule has 0 radical (unpaired) electrons. The first-order valence-corrected chi connectivity index (χ1v) is 8.00. The lowest BCUT2D eigenvalue weighted by Gasteiger charge is -2.08. The van der Waals surface area contributed by atoms with Crippen molar-refractivity contribution in [3.63, 3.8) is 0 Å². The molecule has 1 N–H and O–H groups in total. The Balaban J connectivity index is 1.90. The van der Waals surface area contributed by atoms with Gasteiger partial charge in [-0.15, -0.1) is 0 Å². The fourth-order valence-electron chi connectivity index (χ4n) is 2.97. The summed E-state index contributed by atoms with van der Waals surface area (Å²) in [6.07, 6.45) is 0.737. The zero-order valence-corrected chi connectivity index (χ0v) is 13.7. The summed E-state index contributed by atoms with van der Waals surface area (Å²) in [7, 11) is 0. The molecule has 0 atom stereocenters. The second kappa shape index (κ2) is 5.60. The minimum atomic E-state index is -0.615. The lowest BCUT2D eigenvalue weighted by Crippen LogP contribution is -2.04. The number of hydrogen-bond acceptors (Lipinski definition) is 2. The van der Waals surface area contributed by atoms with Crippen molar-refractivity contribution in [1.82, 2.24) is 9.78 Å². The fraction of sp³-hybridized carbons (Fsp3) is 0.167. The number of aryl methyl sites for hydroxylation is 1. The second-order valence-electron chi connectivity index (χ2n) is 5.82. The van der Waals surface area contributed by atoms with Gasteiger partial charge in [0.1, 0.15) is 23.1 Å². The van der Waals surface area contributed by atoms with E-state index in [2.05, 4.69) is 10.4 Å². The zero-order valence-electron chi connectivity index (χ0n) is 12.9. The predicted molar refractivity (Wildman–Crippen MR) is 90.9 cm³/mol. The fourth-order valence-corrected chi connectivity index (χ4v) is 3.15. The highest BCUT2D eigenvalue weighted by molar-refractivity contribution is 6.31. The molecule has 0 aliphatic carbocycles. The van der Waals surface area contributed by atoms with Crippen LogP contribution in [0.15, 0.2) is 36.4 Å². The molecule has 6 heteroatoms. The van der Waals surface area contributed by atoms with Gasteiger partial charge in [-0.1, -0.05) is 17.7 Å². The Labute approximate surface area is 142 Å². The molecule has 122 valence electrons. The summed E-state index contributed by atoms with van der Waals surface area (Å²) in [5.74, 6) is -0.388. The van der Waals surface area contributed by atoms with Crippen LogP contribution in [0.5, 0.6) is 0 Å². The van der Waals surface area contributed by atoms with E-state index in [1.165, 1.54) is 12.1 Å². The molecule has 3 nitrogen and oxygen atoms in total. The highest BCUT2D eigenvalue weighted by Gasteiger charge is 2.25. The molecule has 0 spiro atoms. The number of fused-ring (bicyclic) bond motifs is 1. The third-order valence-corrected chi connectivity index (χ3v) is 4.64. The van der Waals surface area contributed by atoms with E-state index >= 15 is 0 Å². The molecule has 0 saturated heterocycles. The van der Waals surface area contributed by atoms with E-state index in [4.69, 9.17) is 11.6 Å². The minimum absolute atomic E-state index is 0.299. The van der Waals surface area contributed by atoms with Crippen LogP contribution in [0.3, 0.4) is 0 Å². The predicted octanol–water partition coefficient (Wildman–Crippen LogP) is 4.75. The molecule has 2 aromatic carbocycles. The molecule has 1 aliphatic rings. The maximum Gasteiger partial charge on any atom is 0.135 e. The van der Waals surface area contributed by atoms with Gasteiger partial charge >= 0.3 is 0 Å². The normalized spacial score (nSPS) is 13.0. The van der Waals surface area contributed by atoms with Gasteiger partial charge in [-0.2, -0.15) is 5.10 Å². The van der Waals surface area contributed by atoms with Crippen molar-refractivity contribution >= 4 is 17.4 Å². The van der Waals surface area contributed by atoms with Gasteiger partial charge in [0.15, 0.2) is 0 Å². The Bertz CT molecular complexity index is 950. The first-order chi connectivity index (χ1) is 11.5. The number of aromatic nitrogens is 2. The molecule has 0 bridgehead atoms. The Morgan fingerprint density at radius 3 is 2.75 bits per heavy atom. The van der Waals surface area contributed by atoms with Crippen LogP contribution in [-0.2, 0) is 6.42 Å². The van der Waals surface area contributed by atoms with E-state index in [1.54, 1.807) is 4.68 Å². The third-order valence-electron chi connectivity index (χ3n) is 4.24. The molecule has 3 aromatic rings. The van der Waals surface area contributed by atoms with Crippen LogP contribution >= 0.6 is 11.6 Å². The molecule has 1 aromatic heterocycles. The van der Waals surface area contributed by atoms with Crippen LogP contribution in [0.2, 0.25) is 5.02 Å². The van der Waals surface area contributed by atoms with Crippen LogP contribution in [0.1, 0.15) is 11.1 Å². The lowest BCUT2D eigenvalue weighted by molar-refractivity contribution is 0.585. The standard InChI is InChI=1S/C18H14ClF2N3/c1-10-2-4-12(9-15(10)19)24-18-14(6-7-22-18)17(23-24)13-5-3-11(20)8-16(13)21/h2-5,8-9,22H,6-7H2,1H3. The van der Waals surface area contributed by atoms with Crippen LogP contribution in [0, 0.1) is 18.6 Å². The lowest BCUT2D eigenvalue weighted by atomic mass is 10.1. The van der Waals surface area contributed by atoms with Crippen molar-refractivity contribution in [3.8, 4) is 16.9 Å². The SMILES string of the molecule is Cc1ccc(-n2nc(-c3ccc(F)cc3F)c3c2NCC3)cc1Cl. The van der Waals surface area contributed by atoms with Crippen molar-refractivity contribution in [1.29, 1.82) is 0 Å². The van der Waals surface area contributed by atoms with Gasteiger partial charge < -0.3 is 5.32 Å². The van der Waals surface area contributed by atoms with Crippen molar-refractivity contribution in [2.45, 2.75) is 13.3 Å². The Morgan fingerprint density at radius 2 is 2.00 bits per heavy atom. The maximum atomic E-state index is 14.2. The molecule has 2 heterocycles. The number of anilines is 1. The molecule has 0 unspecified atom stereocenters. The highest BCUT2D eigenvalue weighted by atomic mass is 35.5. The van der Waals surface area contributed by atoms with Crippen LogP contribution in [-0.4, -0.2) is 16.3 Å². The summed E-state index contributed by atoms with van der Waals surface area (Å²) in [6, 6.07) is 9.21. The molecule has 0 fully saturated rings. The number of nitrogens with one attached hydrogen (secondary N) is 1. The van der Waals surface area contributed by atoms with Crippen molar-refractivity contribution in [2.24, 2.45) is 0 Å². The third kappa shape index (κ3) is 2.36. The maximum absolute atomic E-state index is 14.2. The highest BCUT2D eigenvalue weighted by Crippen LogP contribution is 2.36. The van der Waals surface area contributed by atoms with Crippen LogP contribution in [0.4, 0.5) is 14.6 Å². The van der Waals surface area contributed by atoms with E-state index in [-0.39, 0.29) is 0 Å². The second-order valence-corrected chi connectivity index (χ2v) is 6.23. The van der Waals surface area contributed by atoms with E-state index in [1.807, 2.05) is 25.1 Å². The van der Waals surface area contributed by atoms with E-state index in [0.29, 0.717) is 16.3 Å². The summed E-state index contributed by atoms with van der Waals surface area (Å²) >= 11 is 6.22. The van der Waals surface area contributed by atoms with E-state index in [0.717, 1.165) is 41.7 Å². The largest absolute Gasteiger partial charge is 0.369 e. The number of hydrogen-bond donors (Lipinski definition) is 1. The number of benzene rings is 2. The topological polar surface area (TPSA) is 29.9 Å². The molecule has 4 rings (SSSR count). The molecular weight excluding hydrogens is 332 g/mol. The van der Waals surface area contributed by atoms with Crippen LogP contribution in [0.25, 0.3) is 16.9 Å². The summed E-state index contributed by atoms with van der Waals surface area (Å²) in [4.78, 5) is 0. The van der Waals surface area contributed by atoms with Gasteiger partial charge in [0.25, 0.3) is 0 Å². The average molecular weight is 346 g/mol. The summed E-state index contributed by atoms with van der Waals surface area (Å²) < 4.78 is 29.1. The summed E-state index contributed by atoms with van der Waals surface area (Å²) in [6.45, 7) is 2.68. The average Bonchev–Trinajstić information content (AvgIpc) is 3.13. The molecule has 1 aliphatic heterocycles. The van der Waals surface area contributed by atoms with Gasteiger partial charge in [0.05, 0.1) is 5.69 Å². The van der Waals surface area contributed by atoms with Gasteiger partial charge in [-0.3, -0.25) is 0 Å².